The summed E-state index contributed by atoms with van der Waals surface area (Å²) in [7, 11) is -5.66. The van der Waals surface area contributed by atoms with E-state index in [1.165, 1.54) is 0 Å². The van der Waals surface area contributed by atoms with Crippen LogP contribution in [0.1, 0.15) is 0 Å². The van der Waals surface area contributed by atoms with Crippen LogP contribution in [-0.2, 0) is 13.8 Å². The van der Waals surface area contributed by atoms with Crippen molar-refractivity contribution in [2.75, 3.05) is 6.61 Å². The minimum atomic E-state index is -6.99. The molecule has 0 saturated carbocycles. The van der Waals surface area contributed by atoms with Gasteiger partial charge in [-0.2, -0.15) is 43.9 Å². The summed E-state index contributed by atoms with van der Waals surface area (Å²) in [6, 6.07) is 0. The molecule has 2 N–H and O–H groups in total. The van der Waals surface area contributed by atoms with Crippen molar-refractivity contribution in [3.05, 3.63) is 0 Å². The quantitative estimate of drug-likeness (QED) is 0.549. The molecule has 0 aromatic rings. The maximum absolute atomic E-state index is 12.7. The van der Waals surface area contributed by atoms with Crippen LogP contribution < -0.4 is 0 Å². The second-order valence-electron chi connectivity index (χ2n) is 3.52. The Morgan fingerprint density at radius 3 is 1.59 bits per heavy atom. The maximum atomic E-state index is 12.7. The zero-order chi connectivity index (χ0) is 18.2. The first kappa shape index (κ1) is 21.4. The normalized spacial score (nSPS) is 16.7. The van der Waals surface area contributed by atoms with Crippen molar-refractivity contribution >= 4 is 7.82 Å². The van der Waals surface area contributed by atoms with Crippen LogP contribution in [0.2, 0.25) is 0 Å². The highest BCUT2D eigenvalue weighted by molar-refractivity contribution is 7.46. The maximum Gasteiger partial charge on any atom is 0.469 e. The number of hydrogen-bond acceptors (Lipinski definition) is 3. The van der Waals surface area contributed by atoms with Gasteiger partial charge < -0.3 is 9.79 Å². The minimum Gasteiger partial charge on any atom is -0.303 e. The second kappa shape index (κ2) is 6.11. The molecule has 134 valence electrons. The average Bonchev–Trinajstić information content (AvgIpc) is 2.19. The minimum absolute atomic E-state index is 2.39. The first-order valence-electron chi connectivity index (χ1n) is 4.58. The molecular formula is C6H5F10O5P. The van der Waals surface area contributed by atoms with E-state index in [-0.39, 0.29) is 0 Å². The largest absolute Gasteiger partial charge is 0.469 e. The van der Waals surface area contributed by atoms with Gasteiger partial charge in [-0.1, -0.05) is 0 Å². The summed E-state index contributed by atoms with van der Waals surface area (Å²) in [6.45, 7) is -2.45. The molecular weight excluding hydrogens is 373 g/mol. The molecule has 0 rings (SSSR count). The second-order valence-corrected chi connectivity index (χ2v) is 4.76. The molecule has 1 unspecified atom stereocenters. The van der Waals surface area contributed by atoms with E-state index in [2.05, 4.69) is 9.26 Å². The molecule has 5 nitrogen and oxygen atoms in total. The predicted molar refractivity (Wildman–Crippen MR) is 44.9 cm³/mol. The summed E-state index contributed by atoms with van der Waals surface area (Å²) < 4.78 is 137. The summed E-state index contributed by atoms with van der Waals surface area (Å²) >= 11 is 0. The van der Waals surface area contributed by atoms with Gasteiger partial charge in [0.05, 0.1) is 6.61 Å². The van der Waals surface area contributed by atoms with Crippen LogP contribution in [0.5, 0.6) is 0 Å². The molecule has 0 aliphatic heterocycles. The van der Waals surface area contributed by atoms with Crippen LogP contribution >= 0.6 is 7.82 Å². The Labute approximate surface area is 114 Å². The monoisotopic (exact) mass is 378 g/mol. The number of phosphoric ester groups is 1. The van der Waals surface area contributed by atoms with Crippen LogP contribution in [0.15, 0.2) is 0 Å². The zero-order valence-corrected chi connectivity index (χ0v) is 10.5. The number of phosphoric acid groups is 1. The molecule has 0 aliphatic carbocycles. The molecule has 16 heteroatoms. The smallest absolute Gasteiger partial charge is 0.303 e. The van der Waals surface area contributed by atoms with E-state index in [0.29, 0.717) is 0 Å². The van der Waals surface area contributed by atoms with Crippen LogP contribution in [0.3, 0.4) is 0 Å². The van der Waals surface area contributed by atoms with Crippen LogP contribution in [-0.4, -0.2) is 46.9 Å². The first-order chi connectivity index (χ1) is 9.31. The summed E-state index contributed by atoms with van der Waals surface area (Å²) in [6.07, 6.45) is -23.8. The molecule has 22 heavy (non-hydrogen) atoms. The van der Waals surface area contributed by atoms with Gasteiger partial charge in [-0.15, -0.1) is 0 Å². The first-order valence-corrected chi connectivity index (χ1v) is 6.11. The van der Waals surface area contributed by atoms with Gasteiger partial charge >= 0.3 is 32.2 Å². The Morgan fingerprint density at radius 1 is 0.909 bits per heavy atom. The molecule has 0 aliphatic rings. The van der Waals surface area contributed by atoms with Gasteiger partial charge in [-0.05, 0) is 0 Å². The number of ether oxygens (including phenoxy) is 1. The highest BCUT2D eigenvalue weighted by Gasteiger charge is 2.75. The summed E-state index contributed by atoms with van der Waals surface area (Å²) in [4.78, 5) is 16.1. The third-order valence-electron chi connectivity index (χ3n) is 1.77. The van der Waals surface area contributed by atoms with Gasteiger partial charge in [0.2, 0.25) is 0 Å². The lowest BCUT2D eigenvalue weighted by molar-refractivity contribution is -0.446. The fourth-order valence-electron chi connectivity index (χ4n) is 0.778. The van der Waals surface area contributed by atoms with E-state index in [4.69, 9.17) is 9.79 Å². The standard InChI is InChI=1S/C6H5F10O5P/c7-3(8,9)2(1-20-22(17,18)19)21-6(15,16)4(10,11)5(12,13)14/h2H,1H2,(H2,17,18,19). The fourth-order valence-corrected chi connectivity index (χ4v) is 1.11. The molecule has 0 saturated heterocycles. The van der Waals surface area contributed by atoms with E-state index in [0.717, 1.165) is 0 Å². The lowest BCUT2D eigenvalue weighted by atomic mass is 10.3. The van der Waals surface area contributed by atoms with E-state index in [1.54, 1.807) is 0 Å². The molecule has 0 spiro atoms. The van der Waals surface area contributed by atoms with Gasteiger partial charge in [0, 0.05) is 0 Å². The van der Waals surface area contributed by atoms with E-state index in [9.17, 15) is 48.5 Å². The SMILES string of the molecule is O=P(O)(O)OCC(OC(F)(F)C(F)(F)C(F)(F)F)C(F)(F)F. The summed E-state index contributed by atoms with van der Waals surface area (Å²) in [5.74, 6) is -6.99. The molecule has 0 amide bonds. The predicted octanol–water partition coefficient (Wildman–Crippen LogP) is 2.83. The van der Waals surface area contributed by atoms with Gasteiger partial charge in [-0.3, -0.25) is 9.26 Å². The lowest BCUT2D eigenvalue weighted by Crippen LogP contribution is -2.56. The van der Waals surface area contributed by atoms with Crippen molar-refractivity contribution in [1.29, 1.82) is 0 Å². The molecule has 0 aromatic carbocycles. The van der Waals surface area contributed by atoms with Gasteiger partial charge in [0.1, 0.15) is 0 Å². The topological polar surface area (TPSA) is 76.0 Å². The lowest BCUT2D eigenvalue weighted by Gasteiger charge is -2.31. The Hall–Kier alpha value is -0.630. The molecule has 0 heterocycles. The molecule has 0 aromatic heterocycles. The van der Waals surface area contributed by atoms with Crippen molar-refractivity contribution in [2.24, 2.45) is 0 Å². The van der Waals surface area contributed by atoms with Gasteiger partial charge in [0.25, 0.3) is 0 Å². The Balaban J connectivity index is 5.35. The van der Waals surface area contributed by atoms with Crippen molar-refractivity contribution in [3.8, 4) is 0 Å². The summed E-state index contributed by atoms with van der Waals surface area (Å²) in [5, 5.41) is 0. The molecule has 0 radical (unpaired) electrons. The zero-order valence-electron chi connectivity index (χ0n) is 9.63. The number of hydrogen-bond donors (Lipinski definition) is 2. The van der Waals surface area contributed by atoms with Crippen LogP contribution in [0.25, 0.3) is 0 Å². The highest BCUT2D eigenvalue weighted by atomic mass is 31.2. The number of alkyl halides is 10. The summed E-state index contributed by atoms with van der Waals surface area (Å²) in [5.41, 5.74) is 0. The van der Waals surface area contributed by atoms with Crippen molar-refractivity contribution in [1.82, 2.24) is 0 Å². The van der Waals surface area contributed by atoms with Crippen molar-refractivity contribution in [2.45, 2.75) is 30.5 Å². The third-order valence-corrected chi connectivity index (χ3v) is 2.26. The van der Waals surface area contributed by atoms with Gasteiger partial charge in [0.15, 0.2) is 6.10 Å². The van der Waals surface area contributed by atoms with Crippen molar-refractivity contribution in [3.63, 3.8) is 0 Å². The Kier molecular flexibility index (Phi) is 5.93. The Morgan fingerprint density at radius 2 is 1.32 bits per heavy atom. The highest BCUT2D eigenvalue weighted by Crippen LogP contribution is 2.48. The van der Waals surface area contributed by atoms with E-state index in [1.807, 2.05) is 0 Å². The van der Waals surface area contributed by atoms with Crippen LogP contribution in [0, 0.1) is 0 Å². The molecule has 0 fully saturated rings. The molecule has 1 atom stereocenters. The van der Waals surface area contributed by atoms with Crippen molar-refractivity contribution < 1.29 is 67.5 Å². The Bertz CT molecular complexity index is 425. The van der Waals surface area contributed by atoms with E-state index >= 15 is 0 Å². The van der Waals surface area contributed by atoms with E-state index < -0.39 is 44.9 Å². The fraction of sp³-hybridized carbons (Fsp3) is 1.00. The average molecular weight is 378 g/mol. The number of rotatable bonds is 6. The van der Waals surface area contributed by atoms with Gasteiger partial charge in [-0.25, -0.2) is 4.57 Å². The number of halogens is 10. The molecule has 0 bridgehead atoms. The van der Waals surface area contributed by atoms with Crippen LogP contribution in [0.4, 0.5) is 43.9 Å². The third kappa shape index (κ3) is 5.53.